The predicted molar refractivity (Wildman–Crippen MR) is 117 cm³/mol. The molecule has 1 fully saturated rings. The van der Waals surface area contributed by atoms with Crippen LogP contribution >= 0.6 is 11.6 Å². The standard InChI is InChI=1S/C21H22ClN3O5S/c1-12-5-3-6-13(2)20(12)24-21(27)16-7-4-8-25(16)31(28,29)18-10-17-15(9-14(18)22)23-19(26)11-30-17/h3,5-6,9-10,16H,4,7-8,11H2,1-2H3,(H,23,26)(H,24,27)/t16-/m0/s1. The molecule has 2 N–H and O–H groups in total. The van der Waals surface area contributed by atoms with Crippen molar-refractivity contribution >= 4 is 44.8 Å². The van der Waals surface area contributed by atoms with E-state index in [0.717, 1.165) is 11.1 Å². The number of nitrogens with zero attached hydrogens (tertiary/aromatic N) is 1. The van der Waals surface area contributed by atoms with Gasteiger partial charge in [-0.05, 0) is 43.9 Å². The molecule has 8 nitrogen and oxygen atoms in total. The number of anilines is 2. The molecule has 0 aromatic heterocycles. The summed E-state index contributed by atoms with van der Waals surface area (Å²) in [6.07, 6.45) is 0.963. The van der Waals surface area contributed by atoms with Crippen LogP contribution in [0, 0.1) is 13.8 Å². The Bertz CT molecular complexity index is 1160. The molecule has 2 aromatic carbocycles. The Hall–Kier alpha value is -2.62. The van der Waals surface area contributed by atoms with Crippen LogP contribution in [-0.2, 0) is 19.6 Å². The number of sulfonamides is 1. The number of halogens is 1. The van der Waals surface area contributed by atoms with Crippen molar-refractivity contribution in [3.05, 3.63) is 46.5 Å². The average molecular weight is 464 g/mol. The molecular weight excluding hydrogens is 442 g/mol. The summed E-state index contributed by atoms with van der Waals surface area (Å²) in [6.45, 7) is 3.77. The Balaban J connectivity index is 1.64. The van der Waals surface area contributed by atoms with E-state index in [1.165, 1.54) is 16.4 Å². The fourth-order valence-corrected chi connectivity index (χ4v) is 6.09. The minimum absolute atomic E-state index is 0.0506. The maximum atomic E-state index is 13.4. The van der Waals surface area contributed by atoms with E-state index in [1.54, 1.807) is 0 Å². The van der Waals surface area contributed by atoms with Gasteiger partial charge in [-0.2, -0.15) is 4.31 Å². The summed E-state index contributed by atoms with van der Waals surface area (Å²) in [5, 5.41) is 5.44. The summed E-state index contributed by atoms with van der Waals surface area (Å²) in [5.74, 6) is -0.503. The van der Waals surface area contributed by atoms with Crippen LogP contribution in [0.1, 0.15) is 24.0 Å². The Morgan fingerprint density at radius 3 is 2.68 bits per heavy atom. The second-order valence-corrected chi connectivity index (χ2v) is 9.91. The highest BCUT2D eigenvalue weighted by Gasteiger charge is 2.41. The minimum atomic E-state index is -4.08. The first-order chi connectivity index (χ1) is 14.7. The van der Waals surface area contributed by atoms with Gasteiger partial charge in [0, 0.05) is 18.3 Å². The van der Waals surface area contributed by atoms with Gasteiger partial charge >= 0.3 is 0 Å². The topological polar surface area (TPSA) is 105 Å². The van der Waals surface area contributed by atoms with E-state index in [-0.39, 0.29) is 40.6 Å². The van der Waals surface area contributed by atoms with Crippen molar-refractivity contribution in [1.82, 2.24) is 4.31 Å². The summed E-state index contributed by atoms with van der Waals surface area (Å²) < 4.78 is 33.4. The van der Waals surface area contributed by atoms with Gasteiger partial charge in [0.05, 0.1) is 10.7 Å². The summed E-state index contributed by atoms with van der Waals surface area (Å²) in [7, 11) is -4.08. The lowest BCUT2D eigenvalue weighted by atomic mass is 10.1. The van der Waals surface area contributed by atoms with Crippen LogP contribution in [0.2, 0.25) is 5.02 Å². The molecule has 2 aliphatic heterocycles. The van der Waals surface area contributed by atoms with E-state index in [2.05, 4.69) is 10.6 Å². The van der Waals surface area contributed by atoms with Crippen molar-refractivity contribution in [2.24, 2.45) is 0 Å². The SMILES string of the molecule is Cc1cccc(C)c1NC(=O)[C@@H]1CCCN1S(=O)(=O)c1cc2c(cc1Cl)NC(=O)CO2. The fourth-order valence-electron chi connectivity index (χ4n) is 3.91. The zero-order chi connectivity index (χ0) is 22.3. The Kier molecular flexibility index (Phi) is 5.67. The molecule has 164 valence electrons. The third kappa shape index (κ3) is 4.00. The third-order valence-electron chi connectivity index (χ3n) is 5.49. The second-order valence-electron chi connectivity index (χ2n) is 7.65. The highest BCUT2D eigenvalue weighted by Crippen LogP contribution is 2.38. The molecule has 0 saturated carbocycles. The van der Waals surface area contributed by atoms with Crippen LogP contribution in [0.25, 0.3) is 0 Å². The Morgan fingerprint density at radius 2 is 1.97 bits per heavy atom. The number of ether oxygens (including phenoxy) is 1. The van der Waals surface area contributed by atoms with Crippen LogP contribution in [0.3, 0.4) is 0 Å². The van der Waals surface area contributed by atoms with E-state index >= 15 is 0 Å². The number of aryl methyl sites for hydroxylation is 2. The Labute approximate surface area is 185 Å². The van der Waals surface area contributed by atoms with Crippen LogP contribution < -0.4 is 15.4 Å². The highest BCUT2D eigenvalue weighted by atomic mass is 35.5. The maximum absolute atomic E-state index is 13.4. The normalized spacial score (nSPS) is 18.8. The molecule has 4 rings (SSSR count). The van der Waals surface area contributed by atoms with Gasteiger partial charge in [0.25, 0.3) is 5.91 Å². The number of fused-ring (bicyclic) bond motifs is 1. The quantitative estimate of drug-likeness (QED) is 0.725. The smallest absolute Gasteiger partial charge is 0.262 e. The van der Waals surface area contributed by atoms with Crippen molar-refractivity contribution in [3.8, 4) is 5.75 Å². The lowest BCUT2D eigenvalue weighted by molar-refractivity contribution is -0.119. The van der Waals surface area contributed by atoms with Gasteiger partial charge in [-0.3, -0.25) is 9.59 Å². The van der Waals surface area contributed by atoms with Crippen LogP contribution in [0.4, 0.5) is 11.4 Å². The molecule has 0 bridgehead atoms. The van der Waals surface area contributed by atoms with Crippen molar-refractivity contribution in [3.63, 3.8) is 0 Å². The van der Waals surface area contributed by atoms with Gasteiger partial charge < -0.3 is 15.4 Å². The number of carbonyl (C=O) groups excluding carboxylic acids is 2. The van der Waals surface area contributed by atoms with E-state index < -0.39 is 16.1 Å². The molecule has 2 aliphatic rings. The number of para-hydroxylation sites is 1. The molecule has 31 heavy (non-hydrogen) atoms. The number of benzene rings is 2. The highest BCUT2D eigenvalue weighted by molar-refractivity contribution is 7.89. The van der Waals surface area contributed by atoms with Gasteiger partial charge in [-0.1, -0.05) is 29.8 Å². The molecule has 0 radical (unpaired) electrons. The molecular formula is C21H22ClN3O5S. The number of amides is 2. The van der Waals surface area contributed by atoms with Crippen molar-refractivity contribution in [1.29, 1.82) is 0 Å². The first kappa shape index (κ1) is 21.6. The maximum Gasteiger partial charge on any atom is 0.262 e. The van der Waals surface area contributed by atoms with E-state index in [1.807, 2.05) is 32.0 Å². The molecule has 2 amide bonds. The molecule has 2 aromatic rings. The molecule has 1 atom stereocenters. The molecule has 0 spiro atoms. The molecule has 10 heteroatoms. The number of nitrogens with one attached hydrogen (secondary N) is 2. The summed E-state index contributed by atoms with van der Waals surface area (Å²) in [6, 6.07) is 7.47. The van der Waals surface area contributed by atoms with E-state index in [9.17, 15) is 18.0 Å². The fraction of sp³-hybridized carbons (Fsp3) is 0.333. The number of hydrogen-bond donors (Lipinski definition) is 2. The number of rotatable bonds is 4. The van der Waals surface area contributed by atoms with Crippen LogP contribution in [0.15, 0.2) is 35.2 Å². The predicted octanol–water partition coefficient (Wildman–Crippen LogP) is 3.08. The van der Waals surface area contributed by atoms with Gasteiger partial charge in [0.15, 0.2) is 6.61 Å². The zero-order valence-electron chi connectivity index (χ0n) is 17.1. The van der Waals surface area contributed by atoms with Crippen molar-refractivity contribution in [2.45, 2.75) is 37.6 Å². The first-order valence-electron chi connectivity index (χ1n) is 9.83. The van der Waals surface area contributed by atoms with Crippen molar-refractivity contribution < 1.29 is 22.7 Å². The van der Waals surface area contributed by atoms with Gasteiger partial charge in [-0.25, -0.2) is 8.42 Å². The molecule has 1 saturated heterocycles. The average Bonchev–Trinajstić information content (AvgIpc) is 3.21. The monoisotopic (exact) mass is 463 g/mol. The minimum Gasteiger partial charge on any atom is -0.482 e. The van der Waals surface area contributed by atoms with E-state index in [4.69, 9.17) is 16.3 Å². The van der Waals surface area contributed by atoms with Gasteiger partial charge in [0.2, 0.25) is 15.9 Å². The third-order valence-corrected chi connectivity index (χ3v) is 7.86. The summed E-state index contributed by atoms with van der Waals surface area (Å²) in [4.78, 5) is 24.4. The molecule has 0 aliphatic carbocycles. The lowest BCUT2D eigenvalue weighted by Crippen LogP contribution is -2.43. The van der Waals surface area contributed by atoms with Gasteiger partial charge in [-0.15, -0.1) is 0 Å². The number of carbonyl (C=O) groups is 2. The van der Waals surface area contributed by atoms with E-state index in [0.29, 0.717) is 24.2 Å². The summed E-state index contributed by atoms with van der Waals surface area (Å²) in [5.41, 5.74) is 2.80. The number of hydrogen-bond acceptors (Lipinski definition) is 5. The van der Waals surface area contributed by atoms with Gasteiger partial charge in [0.1, 0.15) is 16.7 Å². The zero-order valence-corrected chi connectivity index (χ0v) is 18.6. The summed E-state index contributed by atoms with van der Waals surface area (Å²) >= 11 is 6.26. The largest absolute Gasteiger partial charge is 0.482 e. The van der Waals surface area contributed by atoms with Crippen molar-refractivity contribution in [2.75, 3.05) is 23.8 Å². The lowest BCUT2D eigenvalue weighted by Gasteiger charge is -2.26. The second kappa shape index (κ2) is 8.14. The molecule has 2 heterocycles. The Morgan fingerprint density at radius 1 is 1.26 bits per heavy atom. The molecule has 0 unspecified atom stereocenters. The first-order valence-corrected chi connectivity index (χ1v) is 11.7. The van der Waals surface area contributed by atoms with Crippen LogP contribution in [-0.4, -0.2) is 43.7 Å². The van der Waals surface area contributed by atoms with Crippen LogP contribution in [0.5, 0.6) is 5.75 Å².